The van der Waals surface area contributed by atoms with Gasteiger partial charge in [0.15, 0.2) is 5.16 Å². The minimum Gasteiger partial charge on any atom is -0.460 e. The van der Waals surface area contributed by atoms with Gasteiger partial charge in [0.1, 0.15) is 5.60 Å². The highest BCUT2D eigenvalue weighted by Crippen LogP contribution is 2.23. The summed E-state index contributed by atoms with van der Waals surface area (Å²) in [6, 6.07) is 7.57. The van der Waals surface area contributed by atoms with Crippen molar-refractivity contribution in [2.24, 2.45) is 0 Å². The van der Waals surface area contributed by atoms with E-state index in [4.69, 9.17) is 4.74 Å². The monoisotopic (exact) mass is 371 g/mol. The van der Waals surface area contributed by atoms with Crippen LogP contribution in [0, 0.1) is 0 Å². The van der Waals surface area contributed by atoms with Crippen LogP contribution in [0.1, 0.15) is 27.2 Å². The van der Waals surface area contributed by atoms with E-state index < -0.39 is 5.60 Å². The summed E-state index contributed by atoms with van der Waals surface area (Å²) in [5.41, 5.74) is 0.642. The Labute approximate surface area is 155 Å². The first-order valence-electron chi connectivity index (χ1n) is 8.34. The molecular formula is C19H21N3O3S. The van der Waals surface area contributed by atoms with Crippen LogP contribution in [-0.2, 0) is 16.1 Å². The van der Waals surface area contributed by atoms with E-state index in [1.165, 1.54) is 11.8 Å². The third-order valence-corrected chi connectivity index (χ3v) is 4.40. The summed E-state index contributed by atoms with van der Waals surface area (Å²) in [5.74, 6) is -0.331. The first-order valence-corrected chi connectivity index (χ1v) is 9.57. The summed E-state index contributed by atoms with van der Waals surface area (Å²) >= 11 is 1.43. The van der Waals surface area contributed by atoms with Gasteiger partial charge in [-0.25, -0.2) is 9.97 Å². The molecule has 0 saturated carbocycles. The Balaban J connectivity index is 2.09. The molecule has 2 aromatic heterocycles. The number of para-hydroxylation sites is 1. The maximum Gasteiger partial charge on any atom is 0.308 e. The van der Waals surface area contributed by atoms with Crippen molar-refractivity contribution in [3.63, 3.8) is 0 Å². The van der Waals surface area contributed by atoms with Crippen LogP contribution in [0.15, 0.2) is 40.4 Å². The lowest BCUT2D eigenvalue weighted by Gasteiger charge is -2.20. The van der Waals surface area contributed by atoms with E-state index in [-0.39, 0.29) is 24.5 Å². The van der Waals surface area contributed by atoms with Crippen LogP contribution in [-0.4, -0.2) is 32.4 Å². The molecule has 0 aliphatic heterocycles. The molecule has 6 nitrogen and oxygen atoms in total. The molecule has 136 valence electrons. The van der Waals surface area contributed by atoms with Gasteiger partial charge in [-0.15, -0.1) is 0 Å². The van der Waals surface area contributed by atoms with Crippen LogP contribution >= 0.6 is 11.8 Å². The second kappa shape index (κ2) is 7.07. The van der Waals surface area contributed by atoms with E-state index in [0.29, 0.717) is 16.1 Å². The number of pyridine rings is 1. The Hall–Kier alpha value is -2.41. The molecule has 0 fully saturated rings. The predicted octanol–water partition coefficient (Wildman–Crippen LogP) is 3.40. The number of rotatable bonds is 4. The van der Waals surface area contributed by atoms with Crippen molar-refractivity contribution in [1.82, 2.24) is 14.5 Å². The fraction of sp³-hybridized carbons (Fsp3) is 0.368. The van der Waals surface area contributed by atoms with E-state index in [0.717, 1.165) is 10.9 Å². The number of fused-ring (bicyclic) bond motifs is 3. The molecule has 0 atom stereocenters. The van der Waals surface area contributed by atoms with E-state index in [1.54, 1.807) is 10.8 Å². The van der Waals surface area contributed by atoms with Crippen LogP contribution in [0.2, 0.25) is 0 Å². The topological polar surface area (TPSA) is 74.1 Å². The van der Waals surface area contributed by atoms with E-state index in [1.807, 2.05) is 51.3 Å². The van der Waals surface area contributed by atoms with Crippen molar-refractivity contribution in [2.45, 2.75) is 44.5 Å². The SMILES string of the molecule is CSc1ncc2c(=O)n(CCC(=O)OC(C)(C)C)c3ccccc3c2n1. The van der Waals surface area contributed by atoms with Crippen molar-refractivity contribution in [1.29, 1.82) is 0 Å². The van der Waals surface area contributed by atoms with E-state index in [9.17, 15) is 9.59 Å². The van der Waals surface area contributed by atoms with Gasteiger partial charge in [-0.05, 0) is 33.1 Å². The Bertz CT molecular complexity index is 1040. The number of hydrogen-bond donors (Lipinski definition) is 0. The molecule has 0 radical (unpaired) electrons. The van der Waals surface area contributed by atoms with Crippen LogP contribution in [0.4, 0.5) is 0 Å². The second-order valence-electron chi connectivity index (χ2n) is 6.93. The number of hydrogen-bond acceptors (Lipinski definition) is 6. The third kappa shape index (κ3) is 3.72. The van der Waals surface area contributed by atoms with Gasteiger partial charge in [-0.3, -0.25) is 9.59 Å². The average molecular weight is 371 g/mol. The summed E-state index contributed by atoms with van der Waals surface area (Å²) in [6.07, 6.45) is 3.58. The Morgan fingerprint density at radius 3 is 2.65 bits per heavy atom. The maximum atomic E-state index is 13.0. The normalized spacial score (nSPS) is 11.8. The fourth-order valence-corrected chi connectivity index (χ4v) is 3.15. The molecule has 2 heterocycles. The zero-order valence-corrected chi connectivity index (χ0v) is 16.1. The van der Waals surface area contributed by atoms with Gasteiger partial charge in [0.25, 0.3) is 5.56 Å². The summed E-state index contributed by atoms with van der Waals surface area (Å²) < 4.78 is 6.95. The summed E-state index contributed by atoms with van der Waals surface area (Å²) in [7, 11) is 0. The van der Waals surface area contributed by atoms with Crippen molar-refractivity contribution >= 4 is 39.5 Å². The molecule has 0 N–H and O–H groups in total. The van der Waals surface area contributed by atoms with Crippen LogP contribution in [0.25, 0.3) is 21.8 Å². The van der Waals surface area contributed by atoms with Gasteiger partial charge in [0.05, 0.1) is 22.8 Å². The smallest absolute Gasteiger partial charge is 0.308 e. The van der Waals surface area contributed by atoms with Crippen molar-refractivity contribution < 1.29 is 9.53 Å². The predicted molar refractivity (Wildman–Crippen MR) is 104 cm³/mol. The molecule has 7 heteroatoms. The number of ether oxygens (including phenoxy) is 1. The second-order valence-corrected chi connectivity index (χ2v) is 7.70. The van der Waals surface area contributed by atoms with Gasteiger partial charge < -0.3 is 9.30 Å². The van der Waals surface area contributed by atoms with Gasteiger partial charge >= 0.3 is 5.97 Å². The largest absolute Gasteiger partial charge is 0.460 e. The van der Waals surface area contributed by atoms with Crippen LogP contribution < -0.4 is 5.56 Å². The Kier molecular flexibility index (Phi) is 5.00. The van der Waals surface area contributed by atoms with Gasteiger partial charge in [0, 0.05) is 18.1 Å². The van der Waals surface area contributed by atoms with Crippen LogP contribution in [0.5, 0.6) is 0 Å². The number of esters is 1. The minimum atomic E-state index is -0.546. The summed E-state index contributed by atoms with van der Waals surface area (Å²) in [4.78, 5) is 33.8. The Morgan fingerprint density at radius 2 is 1.96 bits per heavy atom. The average Bonchev–Trinajstić information content (AvgIpc) is 2.59. The summed E-state index contributed by atoms with van der Waals surface area (Å²) in [5, 5.41) is 1.93. The van der Waals surface area contributed by atoms with E-state index in [2.05, 4.69) is 9.97 Å². The summed E-state index contributed by atoms with van der Waals surface area (Å²) in [6.45, 7) is 5.71. The zero-order valence-electron chi connectivity index (χ0n) is 15.3. The number of benzene rings is 1. The number of nitrogens with zero attached hydrogens (tertiary/aromatic N) is 3. The number of aromatic nitrogens is 3. The molecule has 1 aromatic carbocycles. The first-order chi connectivity index (χ1) is 12.3. The van der Waals surface area contributed by atoms with Gasteiger partial charge in [-0.1, -0.05) is 30.0 Å². The lowest BCUT2D eigenvalue weighted by molar-refractivity contribution is -0.155. The molecule has 26 heavy (non-hydrogen) atoms. The van der Waals surface area contributed by atoms with Crippen molar-refractivity contribution in [3.8, 4) is 0 Å². The molecular weight excluding hydrogens is 350 g/mol. The molecule has 0 aliphatic rings. The highest BCUT2D eigenvalue weighted by Gasteiger charge is 2.18. The number of aryl methyl sites for hydroxylation is 1. The molecule has 0 aliphatic carbocycles. The van der Waals surface area contributed by atoms with Crippen molar-refractivity contribution in [3.05, 3.63) is 40.8 Å². The fourth-order valence-electron chi connectivity index (χ4n) is 2.81. The quantitative estimate of drug-likeness (QED) is 0.303. The van der Waals surface area contributed by atoms with Crippen LogP contribution in [0.3, 0.4) is 0 Å². The molecule has 0 spiro atoms. The molecule has 0 bridgehead atoms. The highest BCUT2D eigenvalue weighted by molar-refractivity contribution is 7.98. The molecule has 3 aromatic rings. The maximum absolute atomic E-state index is 13.0. The standard InChI is InChI=1S/C19H21N3O3S/c1-19(2,3)25-15(23)9-10-22-14-8-6-5-7-12(14)16-13(17(22)24)11-20-18(21-16)26-4/h5-8,11H,9-10H2,1-4H3. The minimum absolute atomic E-state index is 0.121. The molecule has 0 unspecified atom stereocenters. The molecule has 0 saturated heterocycles. The molecule has 0 amide bonds. The van der Waals surface area contributed by atoms with Crippen molar-refractivity contribution in [2.75, 3.05) is 6.26 Å². The van der Waals surface area contributed by atoms with E-state index >= 15 is 0 Å². The van der Waals surface area contributed by atoms with Gasteiger partial charge in [0.2, 0.25) is 0 Å². The molecule has 3 rings (SSSR count). The lowest BCUT2D eigenvalue weighted by Crippen LogP contribution is -2.27. The highest BCUT2D eigenvalue weighted by atomic mass is 32.2. The Morgan fingerprint density at radius 1 is 1.23 bits per heavy atom. The third-order valence-electron chi connectivity index (χ3n) is 3.83. The van der Waals surface area contributed by atoms with Gasteiger partial charge in [-0.2, -0.15) is 0 Å². The number of thioether (sulfide) groups is 1. The zero-order chi connectivity index (χ0) is 18.9. The number of carbonyl (C=O) groups is 1. The number of carbonyl (C=O) groups excluding carboxylic acids is 1. The lowest BCUT2D eigenvalue weighted by atomic mass is 10.1. The first kappa shape index (κ1) is 18.4.